The number of hydrogen-bond donors (Lipinski definition) is 1. The summed E-state index contributed by atoms with van der Waals surface area (Å²) in [5.41, 5.74) is 2.38. The molecule has 2 aromatic carbocycles. The Morgan fingerprint density at radius 3 is 2.33 bits per heavy atom. The van der Waals surface area contributed by atoms with Crippen molar-refractivity contribution in [1.29, 1.82) is 0 Å². The lowest BCUT2D eigenvalue weighted by molar-refractivity contribution is 0.102. The van der Waals surface area contributed by atoms with Crippen molar-refractivity contribution in [3.63, 3.8) is 0 Å². The lowest BCUT2D eigenvalue weighted by Crippen LogP contribution is -2.31. The number of aryl methyl sites for hydroxylation is 2. The molecule has 1 amide bonds. The van der Waals surface area contributed by atoms with Crippen molar-refractivity contribution in [2.45, 2.75) is 51.0 Å². The minimum Gasteiger partial charge on any atom is -0.322 e. The molecule has 0 radical (unpaired) electrons. The zero-order valence-corrected chi connectivity index (χ0v) is 19.7. The minimum atomic E-state index is -3.54. The number of nitrogens with zero attached hydrogens (tertiary/aromatic N) is 3. The third-order valence-corrected chi connectivity index (χ3v) is 7.92. The number of carbonyl (C=O) groups excluding carboxylic acids is 1. The standard InChI is InChI=1S/C24H28N4O4S/c1-3-28-22-13-8-18(16-21(22)25-17(2)24(28)30)23(29)26-19-9-11-20(12-10-19)33(31,32)27-14-6-4-5-7-15-27/h8-13,16H,3-7,14-15H2,1-2H3,(H,26,29). The summed E-state index contributed by atoms with van der Waals surface area (Å²) in [4.78, 5) is 29.6. The number of fused-ring (bicyclic) bond motifs is 1. The smallest absolute Gasteiger partial charge is 0.272 e. The SMILES string of the molecule is CCn1c(=O)c(C)nc2cc(C(=O)Nc3ccc(S(=O)(=O)N4CCCCCC4)cc3)ccc21. The Balaban J connectivity index is 1.53. The number of amides is 1. The van der Waals surface area contributed by atoms with Crippen LogP contribution < -0.4 is 10.9 Å². The number of carbonyl (C=O) groups is 1. The molecule has 0 unspecified atom stereocenters. The molecule has 1 aliphatic heterocycles. The van der Waals surface area contributed by atoms with Gasteiger partial charge in [-0.05, 0) is 69.2 Å². The van der Waals surface area contributed by atoms with Gasteiger partial charge in [-0.25, -0.2) is 13.4 Å². The van der Waals surface area contributed by atoms with E-state index in [1.54, 1.807) is 46.1 Å². The molecule has 0 saturated carbocycles. The van der Waals surface area contributed by atoms with Gasteiger partial charge in [-0.2, -0.15) is 4.31 Å². The van der Waals surface area contributed by atoms with E-state index in [0.29, 0.717) is 47.6 Å². The van der Waals surface area contributed by atoms with Gasteiger partial charge in [0.05, 0.1) is 15.9 Å². The van der Waals surface area contributed by atoms with E-state index in [-0.39, 0.29) is 16.4 Å². The van der Waals surface area contributed by atoms with E-state index in [9.17, 15) is 18.0 Å². The summed E-state index contributed by atoms with van der Waals surface area (Å²) in [5.74, 6) is -0.339. The van der Waals surface area contributed by atoms with Crippen LogP contribution in [0.5, 0.6) is 0 Å². The quantitative estimate of drug-likeness (QED) is 0.617. The molecule has 174 valence electrons. The molecule has 1 N–H and O–H groups in total. The van der Waals surface area contributed by atoms with E-state index in [4.69, 9.17) is 0 Å². The highest BCUT2D eigenvalue weighted by Crippen LogP contribution is 2.22. The molecule has 33 heavy (non-hydrogen) atoms. The first kappa shape index (κ1) is 23.1. The third-order valence-electron chi connectivity index (χ3n) is 6.00. The molecule has 9 heteroatoms. The van der Waals surface area contributed by atoms with Gasteiger partial charge >= 0.3 is 0 Å². The molecule has 4 rings (SSSR count). The van der Waals surface area contributed by atoms with Gasteiger partial charge in [-0.1, -0.05) is 12.8 Å². The largest absolute Gasteiger partial charge is 0.322 e. The highest BCUT2D eigenvalue weighted by molar-refractivity contribution is 7.89. The highest BCUT2D eigenvalue weighted by Gasteiger charge is 2.25. The minimum absolute atomic E-state index is 0.141. The Morgan fingerprint density at radius 2 is 1.70 bits per heavy atom. The van der Waals surface area contributed by atoms with Gasteiger partial charge in [0.15, 0.2) is 0 Å². The number of hydrogen-bond acceptors (Lipinski definition) is 5. The van der Waals surface area contributed by atoms with Crippen LogP contribution in [0.15, 0.2) is 52.2 Å². The van der Waals surface area contributed by atoms with Gasteiger partial charge in [-0.3, -0.25) is 9.59 Å². The summed E-state index contributed by atoms with van der Waals surface area (Å²) >= 11 is 0. The first-order chi connectivity index (χ1) is 15.8. The van der Waals surface area contributed by atoms with Crippen molar-refractivity contribution in [1.82, 2.24) is 13.9 Å². The predicted octanol–water partition coefficient (Wildman–Crippen LogP) is 3.54. The summed E-state index contributed by atoms with van der Waals surface area (Å²) in [5, 5.41) is 2.80. The monoisotopic (exact) mass is 468 g/mol. The fraction of sp³-hybridized carbons (Fsp3) is 0.375. The lowest BCUT2D eigenvalue weighted by Gasteiger charge is -2.20. The maximum atomic E-state index is 12.9. The van der Waals surface area contributed by atoms with Crippen molar-refractivity contribution < 1.29 is 13.2 Å². The third kappa shape index (κ3) is 4.69. The summed E-state index contributed by atoms with van der Waals surface area (Å²) in [6, 6.07) is 11.3. The van der Waals surface area contributed by atoms with Crippen molar-refractivity contribution in [2.75, 3.05) is 18.4 Å². The Bertz CT molecular complexity index is 1340. The maximum Gasteiger partial charge on any atom is 0.272 e. The van der Waals surface area contributed by atoms with Crippen LogP contribution in [0.4, 0.5) is 5.69 Å². The van der Waals surface area contributed by atoms with Crippen LogP contribution in [0, 0.1) is 6.92 Å². The van der Waals surface area contributed by atoms with Crippen LogP contribution in [0.1, 0.15) is 48.7 Å². The van der Waals surface area contributed by atoms with Crippen LogP contribution in [0.3, 0.4) is 0 Å². The molecule has 1 fully saturated rings. The fourth-order valence-electron chi connectivity index (χ4n) is 4.17. The number of benzene rings is 2. The topological polar surface area (TPSA) is 101 Å². The molecular formula is C24H28N4O4S. The number of rotatable bonds is 5. The summed E-state index contributed by atoms with van der Waals surface area (Å²) in [7, 11) is -3.54. The summed E-state index contributed by atoms with van der Waals surface area (Å²) in [6.07, 6.45) is 3.86. The van der Waals surface area contributed by atoms with Crippen molar-refractivity contribution >= 4 is 32.7 Å². The molecule has 3 aromatic rings. The molecule has 1 aliphatic rings. The van der Waals surface area contributed by atoms with Crippen LogP contribution in [0.25, 0.3) is 11.0 Å². The second-order valence-corrected chi connectivity index (χ2v) is 10.2. The predicted molar refractivity (Wildman–Crippen MR) is 128 cm³/mol. The van der Waals surface area contributed by atoms with Gasteiger partial charge in [0.2, 0.25) is 10.0 Å². The number of anilines is 1. The lowest BCUT2D eigenvalue weighted by atomic mass is 10.1. The number of nitrogens with one attached hydrogen (secondary N) is 1. The molecule has 0 bridgehead atoms. The maximum absolute atomic E-state index is 12.9. The Morgan fingerprint density at radius 1 is 1.03 bits per heavy atom. The van der Waals surface area contributed by atoms with Crippen LogP contribution in [-0.4, -0.2) is 41.3 Å². The second kappa shape index (κ2) is 9.44. The zero-order chi connectivity index (χ0) is 23.6. The second-order valence-electron chi connectivity index (χ2n) is 8.25. The average molecular weight is 469 g/mol. The van der Waals surface area contributed by atoms with Gasteiger partial charge in [0.1, 0.15) is 5.69 Å². The van der Waals surface area contributed by atoms with E-state index >= 15 is 0 Å². The van der Waals surface area contributed by atoms with Crippen LogP contribution in [0.2, 0.25) is 0 Å². The molecule has 0 atom stereocenters. The van der Waals surface area contributed by atoms with Gasteiger partial charge < -0.3 is 9.88 Å². The molecule has 2 heterocycles. The van der Waals surface area contributed by atoms with E-state index in [2.05, 4.69) is 10.3 Å². The van der Waals surface area contributed by atoms with Crippen LogP contribution >= 0.6 is 0 Å². The Kier molecular flexibility index (Phi) is 6.62. The van der Waals surface area contributed by atoms with E-state index in [0.717, 1.165) is 25.7 Å². The highest BCUT2D eigenvalue weighted by atomic mass is 32.2. The molecule has 1 aromatic heterocycles. The number of aromatic nitrogens is 2. The van der Waals surface area contributed by atoms with E-state index in [1.807, 2.05) is 6.92 Å². The average Bonchev–Trinajstić information content (AvgIpc) is 3.10. The molecule has 1 saturated heterocycles. The van der Waals surface area contributed by atoms with Crippen molar-refractivity contribution in [3.05, 3.63) is 64.1 Å². The van der Waals surface area contributed by atoms with Crippen molar-refractivity contribution in [3.8, 4) is 0 Å². The Labute approximate surface area is 193 Å². The van der Waals surface area contributed by atoms with E-state index < -0.39 is 10.0 Å². The van der Waals surface area contributed by atoms with Crippen LogP contribution in [-0.2, 0) is 16.6 Å². The van der Waals surface area contributed by atoms with Gasteiger partial charge in [-0.15, -0.1) is 0 Å². The zero-order valence-electron chi connectivity index (χ0n) is 18.9. The normalized spacial score (nSPS) is 15.3. The molecular weight excluding hydrogens is 440 g/mol. The molecule has 0 spiro atoms. The fourth-order valence-corrected chi connectivity index (χ4v) is 5.69. The van der Waals surface area contributed by atoms with Gasteiger partial charge in [0.25, 0.3) is 11.5 Å². The first-order valence-corrected chi connectivity index (χ1v) is 12.7. The summed E-state index contributed by atoms with van der Waals surface area (Å²) in [6.45, 7) is 5.14. The Hall–Kier alpha value is -3.04. The van der Waals surface area contributed by atoms with Gasteiger partial charge in [0, 0.05) is 30.9 Å². The van der Waals surface area contributed by atoms with E-state index in [1.165, 1.54) is 12.1 Å². The summed E-state index contributed by atoms with van der Waals surface area (Å²) < 4.78 is 29.0. The molecule has 0 aliphatic carbocycles. The number of sulfonamides is 1. The first-order valence-electron chi connectivity index (χ1n) is 11.2. The molecule has 8 nitrogen and oxygen atoms in total. The van der Waals surface area contributed by atoms with Crippen molar-refractivity contribution in [2.24, 2.45) is 0 Å².